The molecule has 0 aromatic carbocycles. The summed E-state index contributed by atoms with van der Waals surface area (Å²) in [6, 6.07) is 4.51. The zero-order valence-corrected chi connectivity index (χ0v) is 14.1. The van der Waals surface area contributed by atoms with Gasteiger partial charge in [0.15, 0.2) is 0 Å². The van der Waals surface area contributed by atoms with E-state index in [-0.39, 0.29) is 5.60 Å². The molecule has 0 spiro atoms. The highest BCUT2D eigenvalue weighted by atomic mass is 16.5. The van der Waals surface area contributed by atoms with Crippen molar-refractivity contribution in [2.45, 2.75) is 38.7 Å². The van der Waals surface area contributed by atoms with Crippen LogP contribution in [0.4, 0.5) is 0 Å². The first-order valence-electron chi connectivity index (χ1n) is 8.06. The van der Waals surface area contributed by atoms with E-state index in [1.165, 1.54) is 0 Å². The van der Waals surface area contributed by atoms with Crippen LogP contribution in [0.15, 0.2) is 30.7 Å². The highest BCUT2D eigenvalue weighted by Gasteiger charge is 2.27. The van der Waals surface area contributed by atoms with Crippen molar-refractivity contribution in [3.8, 4) is 11.9 Å². The third kappa shape index (κ3) is 5.56. The average molecular weight is 318 g/mol. The van der Waals surface area contributed by atoms with Crippen molar-refractivity contribution < 1.29 is 9.47 Å². The number of hydrogen-bond acceptors (Lipinski definition) is 5. The molecule has 0 bridgehead atoms. The number of pyridine rings is 1. The van der Waals surface area contributed by atoms with E-state index in [1.54, 1.807) is 12.4 Å². The summed E-state index contributed by atoms with van der Waals surface area (Å²) in [5.74, 6) is 0.646. The van der Waals surface area contributed by atoms with Gasteiger partial charge in [0.2, 0.25) is 5.88 Å². The molecule has 0 saturated heterocycles. The lowest BCUT2D eigenvalue weighted by Crippen LogP contribution is -2.35. The Morgan fingerprint density at radius 2 is 2.17 bits per heavy atom. The molecule has 126 valence electrons. The fourth-order valence-corrected chi connectivity index (χ4v) is 2.53. The molecule has 2 aromatic rings. The van der Waals surface area contributed by atoms with E-state index in [0.717, 1.165) is 31.4 Å². The van der Waals surface area contributed by atoms with Crippen molar-refractivity contribution in [1.82, 2.24) is 20.3 Å². The topological polar surface area (TPSA) is 72.1 Å². The normalized spacial score (nSPS) is 13.5. The van der Waals surface area contributed by atoms with E-state index in [9.17, 15) is 0 Å². The molecule has 6 nitrogen and oxygen atoms in total. The van der Waals surface area contributed by atoms with Gasteiger partial charge in [-0.05, 0) is 26.0 Å². The quantitative estimate of drug-likeness (QED) is 0.659. The lowest BCUT2D eigenvalue weighted by atomic mass is 9.92. The Morgan fingerprint density at radius 1 is 1.30 bits per heavy atom. The minimum atomic E-state index is -0.317. The van der Waals surface area contributed by atoms with E-state index in [4.69, 9.17) is 9.47 Å². The van der Waals surface area contributed by atoms with Crippen LogP contribution in [0.3, 0.4) is 0 Å². The Morgan fingerprint density at radius 3 is 2.78 bits per heavy atom. The van der Waals surface area contributed by atoms with Gasteiger partial charge in [-0.2, -0.15) is 0 Å². The van der Waals surface area contributed by atoms with Crippen LogP contribution in [0.25, 0.3) is 0 Å². The minimum Gasteiger partial charge on any atom is -0.476 e. The second-order valence-electron chi connectivity index (χ2n) is 5.83. The molecule has 6 heteroatoms. The molecule has 23 heavy (non-hydrogen) atoms. The summed E-state index contributed by atoms with van der Waals surface area (Å²) in [4.78, 5) is 11.5. The Balaban J connectivity index is 1.98. The van der Waals surface area contributed by atoms with Crippen molar-refractivity contribution in [2.75, 3.05) is 20.2 Å². The van der Waals surface area contributed by atoms with Crippen molar-refractivity contribution >= 4 is 0 Å². The summed E-state index contributed by atoms with van der Waals surface area (Å²) in [6.45, 7) is 5.67. The number of rotatable bonds is 10. The SMILES string of the molecule is CCCC(C)(Cc1ccc(OCCNC)nc1)Oc1ncc[nH]1. The summed E-state index contributed by atoms with van der Waals surface area (Å²) < 4.78 is 11.6. The maximum Gasteiger partial charge on any atom is 0.294 e. The van der Waals surface area contributed by atoms with Gasteiger partial charge in [0.25, 0.3) is 6.01 Å². The number of aromatic nitrogens is 3. The van der Waals surface area contributed by atoms with Crippen LogP contribution in [0.2, 0.25) is 0 Å². The molecule has 0 saturated carbocycles. The van der Waals surface area contributed by atoms with Crippen molar-refractivity contribution in [3.63, 3.8) is 0 Å². The smallest absolute Gasteiger partial charge is 0.294 e. The van der Waals surface area contributed by atoms with Gasteiger partial charge in [-0.1, -0.05) is 19.4 Å². The molecular formula is C17H26N4O2. The standard InChI is InChI=1S/C17H26N4O2/c1-4-7-17(2,23-16-19-8-9-20-16)12-14-5-6-15(21-13-14)22-11-10-18-3/h5-6,8-9,13,18H,4,7,10-12H2,1-3H3,(H,19,20). The number of imidazole rings is 1. The molecule has 2 rings (SSSR count). The summed E-state index contributed by atoms with van der Waals surface area (Å²) in [7, 11) is 1.90. The van der Waals surface area contributed by atoms with E-state index in [2.05, 4.69) is 34.1 Å². The number of ether oxygens (including phenoxy) is 2. The molecule has 2 aromatic heterocycles. The van der Waals surface area contributed by atoms with E-state index in [0.29, 0.717) is 18.5 Å². The molecule has 0 aliphatic carbocycles. The number of nitrogens with one attached hydrogen (secondary N) is 2. The van der Waals surface area contributed by atoms with Crippen LogP contribution in [0, 0.1) is 0 Å². The summed E-state index contributed by atoms with van der Waals surface area (Å²) in [6.07, 6.45) is 8.06. The van der Waals surface area contributed by atoms with Gasteiger partial charge < -0.3 is 19.8 Å². The highest BCUT2D eigenvalue weighted by Crippen LogP contribution is 2.24. The molecular weight excluding hydrogens is 292 g/mol. The Labute approximate surface area is 137 Å². The zero-order chi connectivity index (χ0) is 16.5. The second-order valence-corrected chi connectivity index (χ2v) is 5.83. The maximum atomic E-state index is 6.06. The van der Waals surface area contributed by atoms with Gasteiger partial charge >= 0.3 is 0 Å². The van der Waals surface area contributed by atoms with Crippen molar-refractivity contribution in [2.24, 2.45) is 0 Å². The Hall–Kier alpha value is -2.08. The predicted molar refractivity (Wildman–Crippen MR) is 89.9 cm³/mol. The molecule has 0 radical (unpaired) electrons. The fourth-order valence-electron chi connectivity index (χ4n) is 2.53. The number of nitrogens with zero attached hydrogens (tertiary/aromatic N) is 2. The lowest BCUT2D eigenvalue weighted by Gasteiger charge is -2.29. The second kappa shape index (κ2) is 8.53. The first-order valence-corrected chi connectivity index (χ1v) is 8.06. The summed E-state index contributed by atoms with van der Waals surface area (Å²) >= 11 is 0. The van der Waals surface area contributed by atoms with E-state index < -0.39 is 0 Å². The third-order valence-electron chi connectivity index (χ3n) is 3.57. The molecule has 0 amide bonds. The largest absolute Gasteiger partial charge is 0.476 e. The average Bonchev–Trinajstić information content (AvgIpc) is 3.02. The van der Waals surface area contributed by atoms with Crippen molar-refractivity contribution in [1.29, 1.82) is 0 Å². The first-order chi connectivity index (χ1) is 11.1. The number of likely N-dealkylation sites (N-methyl/N-ethyl adjacent to an activating group) is 1. The lowest BCUT2D eigenvalue weighted by molar-refractivity contribution is 0.0682. The van der Waals surface area contributed by atoms with Gasteiger partial charge in [-0.3, -0.25) is 0 Å². The summed E-state index contributed by atoms with van der Waals surface area (Å²) in [5, 5.41) is 3.04. The Kier molecular flexibility index (Phi) is 6.40. The molecule has 0 aliphatic heterocycles. The minimum absolute atomic E-state index is 0.317. The van der Waals surface area contributed by atoms with Gasteiger partial charge in [-0.25, -0.2) is 9.97 Å². The van der Waals surface area contributed by atoms with E-state index >= 15 is 0 Å². The predicted octanol–water partition coefficient (Wildman–Crippen LogP) is 2.58. The maximum absolute atomic E-state index is 6.06. The van der Waals surface area contributed by atoms with Gasteiger partial charge in [-0.15, -0.1) is 0 Å². The Bertz CT molecular complexity index is 556. The number of H-pyrrole nitrogens is 1. The van der Waals surface area contributed by atoms with Crippen molar-refractivity contribution in [3.05, 3.63) is 36.3 Å². The van der Waals surface area contributed by atoms with Crippen LogP contribution in [0.5, 0.6) is 11.9 Å². The molecule has 0 fully saturated rings. The van der Waals surface area contributed by atoms with Gasteiger partial charge in [0.1, 0.15) is 12.2 Å². The van der Waals surface area contributed by atoms with Crippen LogP contribution in [0.1, 0.15) is 32.3 Å². The monoisotopic (exact) mass is 318 g/mol. The van der Waals surface area contributed by atoms with Crippen LogP contribution in [-0.4, -0.2) is 40.8 Å². The van der Waals surface area contributed by atoms with E-state index in [1.807, 2.05) is 25.4 Å². The fraction of sp³-hybridized carbons (Fsp3) is 0.529. The van der Waals surface area contributed by atoms with Crippen LogP contribution in [-0.2, 0) is 6.42 Å². The molecule has 2 heterocycles. The third-order valence-corrected chi connectivity index (χ3v) is 3.57. The van der Waals surface area contributed by atoms with Gasteiger partial charge in [0, 0.05) is 37.6 Å². The first kappa shape index (κ1) is 17.3. The molecule has 1 atom stereocenters. The number of aromatic amines is 1. The highest BCUT2D eigenvalue weighted by molar-refractivity contribution is 5.20. The van der Waals surface area contributed by atoms with Gasteiger partial charge in [0.05, 0.1) is 0 Å². The molecule has 2 N–H and O–H groups in total. The molecule has 1 unspecified atom stereocenters. The number of hydrogen-bond donors (Lipinski definition) is 2. The van der Waals surface area contributed by atoms with Crippen LogP contribution < -0.4 is 14.8 Å². The van der Waals surface area contributed by atoms with Crippen LogP contribution >= 0.6 is 0 Å². The molecule has 0 aliphatic rings. The summed E-state index contributed by atoms with van der Waals surface area (Å²) in [5.41, 5.74) is 0.802. The zero-order valence-electron chi connectivity index (χ0n) is 14.1.